The number of carbonyl (C=O) groups is 5. The zero-order chi connectivity index (χ0) is 25.6. The SMILES string of the molecule is CSCCC(NC(=O)C(CCSC)NC(=O)C(CC(N)=O)NC(=O)C(N)CC(C)C)C(=O)O. The Bertz CT molecular complexity index is 679. The van der Waals surface area contributed by atoms with E-state index in [1.807, 2.05) is 26.4 Å². The summed E-state index contributed by atoms with van der Waals surface area (Å²) >= 11 is 2.89. The minimum Gasteiger partial charge on any atom is -0.480 e. The summed E-state index contributed by atoms with van der Waals surface area (Å²) in [4.78, 5) is 60.9. The number of thioether (sulfide) groups is 2. The van der Waals surface area contributed by atoms with E-state index in [1.54, 1.807) is 0 Å². The van der Waals surface area contributed by atoms with Crippen LogP contribution in [0, 0.1) is 5.92 Å². The van der Waals surface area contributed by atoms with Crippen molar-refractivity contribution in [3.05, 3.63) is 0 Å². The lowest BCUT2D eigenvalue weighted by Crippen LogP contribution is -2.58. The van der Waals surface area contributed by atoms with Crippen LogP contribution in [0.25, 0.3) is 0 Å². The van der Waals surface area contributed by atoms with Crippen molar-refractivity contribution in [2.45, 2.75) is 63.7 Å². The van der Waals surface area contributed by atoms with Gasteiger partial charge in [0, 0.05) is 0 Å². The molecular formula is C20H37N5O6S2. The van der Waals surface area contributed by atoms with E-state index >= 15 is 0 Å². The molecule has 0 aliphatic carbocycles. The second-order valence-electron chi connectivity index (χ2n) is 7.99. The lowest BCUT2D eigenvalue weighted by molar-refractivity contribution is -0.142. The van der Waals surface area contributed by atoms with Crippen LogP contribution >= 0.6 is 23.5 Å². The average Bonchev–Trinajstić information content (AvgIpc) is 2.71. The van der Waals surface area contributed by atoms with Crippen LogP contribution in [-0.2, 0) is 24.0 Å². The van der Waals surface area contributed by atoms with E-state index in [1.165, 1.54) is 23.5 Å². The lowest BCUT2D eigenvalue weighted by atomic mass is 10.0. The van der Waals surface area contributed by atoms with E-state index < -0.39 is 60.2 Å². The maximum Gasteiger partial charge on any atom is 0.326 e. The molecule has 0 spiro atoms. The number of nitrogens with two attached hydrogens (primary N) is 2. The second kappa shape index (κ2) is 16.6. The Morgan fingerprint density at radius 1 is 0.818 bits per heavy atom. The molecule has 0 heterocycles. The molecule has 0 rings (SSSR count). The number of carbonyl (C=O) groups excluding carboxylic acids is 4. The van der Waals surface area contributed by atoms with E-state index in [0.717, 1.165) is 0 Å². The number of carboxylic acid groups (broad SMARTS) is 1. The molecule has 4 amide bonds. The van der Waals surface area contributed by atoms with Gasteiger partial charge in [-0.3, -0.25) is 19.2 Å². The van der Waals surface area contributed by atoms with Gasteiger partial charge in [0.25, 0.3) is 0 Å². The molecule has 0 aliphatic rings. The first-order chi connectivity index (χ1) is 15.4. The number of amides is 4. The standard InChI is InChI=1S/C20H37N5O6S2/c1-11(2)9-12(21)17(27)25-15(10-16(22)26)19(29)23-13(5-7-32-3)18(28)24-14(20(30)31)6-8-33-4/h11-15H,5-10,21H2,1-4H3,(H2,22,26)(H,23,29)(H,24,28)(H,25,27)(H,30,31). The summed E-state index contributed by atoms with van der Waals surface area (Å²) in [5.41, 5.74) is 11.1. The van der Waals surface area contributed by atoms with Crippen LogP contribution < -0.4 is 27.4 Å². The molecule has 0 radical (unpaired) electrons. The van der Waals surface area contributed by atoms with Gasteiger partial charge in [0.1, 0.15) is 18.1 Å². The summed E-state index contributed by atoms with van der Waals surface area (Å²) in [5.74, 6) is -2.87. The molecule has 0 saturated carbocycles. The van der Waals surface area contributed by atoms with Crippen molar-refractivity contribution in [1.29, 1.82) is 0 Å². The molecular weight excluding hydrogens is 470 g/mol. The van der Waals surface area contributed by atoms with Crippen molar-refractivity contribution >= 4 is 53.1 Å². The minimum atomic E-state index is -1.32. The largest absolute Gasteiger partial charge is 0.480 e. The number of primary amides is 1. The fraction of sp³-hybridized carbons (Fsp3) is 0.750. The Morgan fingerprint density at radius 2 is 1.27 bits per heavy atom. The number of rotatable bonds is 17. The maximum atomic E-state index is 12.8. The maximum absolute atomic E-state index is 12.8. The normalized spacial score (nSPS) is 14.6. The van der Waals surface area contributed by atoms with E-state index in [4.69, 9.17) is 11.5 Å². The monoisotopic (exact) mass is 507 g/mol. The number of nitrogens with one attached hydrogen (secondary N) is 3. The summed E-state index contributed by atoms with van der Waals surface area (Å²) in [5, 5.41) is 16.8. The molecule has 190 valence electrons. The third-order valence-corrected chi connectivity index (χ3v) is 5.86. The van der Waals surface area contributed by atoms with Gasteiger partial charge < -0.3 is 32.5 Å². The zero-order valence-electron chi connectivity index (χ0n) is 19.6. The highest BCUT2D eigenvalue weighted by molar-refractivity contribution is 7.98. The van der Waals surface area contributed by atoms with Gasteiger partial charge in [-0.1, -0.05) is 13.8 Å². The Hall–Kier alpha value is -1.99. The van der Waals surface area contributed by atoms with Crippen LogP contribution in [0.1, 0.15) is 39.5 Å². The Morgan fingerprint density at radius 3 is 1.73 bits per heavy atom. The van der Waals surface area contributed by atoms with Gasteiger partial charge in [0.05, 0.1) is 12.5 Å². The van der Waals surface area contributed by atoms with E-state index in [0.29, 0.717) is 17.9 Å². The van der Waals surface area contributed by atoms with Gasteiger partial charge in [-0.15, -0.1) is 0 Å². The van der Waals surface area contributed by atoms with Gasteiger partial charge in [-0.05, 0) is 49.2 Å². The molecule has 0 saturated heterocycles. The van der Waals surface area contributed by atoms with Crippen LogP contribution in [0.15, 0.2) is 0 Å². The number of hydrogen-bond donors (Lipinski definition) is 6. The first-order valence-corrected chi connectivity index (χ1v) is 13.4. The van der Waals surface area contributed by atoms with Crippen molar-refractivity contribution < 1.29 is 29.1 Å². The quantitative estimate of drug-likeness (QED) is 0.147. The molecule has 0 aromatic heterocycles. The molecule has 11 nitrogen and oxygen atoms in total. The molecule has 4 atom stereocenters. The van der Waals surface area contributed by atoms with Crippen LogP contribution in [0.5, 0.6) is 0 Å². The highest BCUT2D eigenvalue weighted by atomic mass is 32.2. The third kappa shape index (κ3) is 13.3. The Kier molecular flexibility index (Phi) is 15.6. The smallest absolute Gasteiger partial charge is 0.326 e. The van der Waals surface area contributed by atoms with Gasteiger partial charge in [0.2, 0.25) is 23.6 Å². The van der Waals surface area contributed by atoms with Gasteiger partial charge in [-0.25, -0.2) is 4.79 Å². The molecule has 33 heavy (non-hydrogen) atoms. The Balaban J connectivity index is 5.43. The second-order valence-corrected chi connectivity index (χ2v) is 9.96. The van der Waals surface area contributed by atoms with Crippen molar-refractivity contribution in [3.63, 3.8) is 0 Å². The summed E-state index contributed by atoms with van der Waals surface area (Å²) < 4.78 is 0. The first-order valence-electron chi connectivity index (χ1n) is 10.6. The molecule has 0 aromatic carbocycles. The average molecular weight is 508 g/mol. The lowest BCUT2D eigenvalue weighted by Gasteiger charge is -2.25. The van der Waals surface area contributed by atoms with Crippen LogP contribution in [0.4, 0.5) is 0 Å². The predicted molar refractivity (Wildman–Crippen MR) is 131 cm³/mol. The van der Waals surface area contributed by atoms with Crippen molar-refractivity contribution in [2.75, 3.05) is 24.0 Å². The molecule has 0 bridgehead atoms. The predicted octanol–water partition coefficient (Wildman–Crippen LogP) is -0.720. The van der Waals surface area contributed by atoms with Gasteiger partial charge in [0.15, 0.2) is 0 Å². The Labute approximate surface area is 203 Å². The van der Waals surface area contributed by atoms with Crippen LogP contribution in [0.2, 0.25) is 0 Å². The molecule has 0 aromatic rings. The van der Waals surface area contributed by atoms with Crippen LogP contribution in [-0.4, -0.2) is 82.9 Å². The van der Waals surface area contributed by atoms with Gasteiger partial charge in [-0.2, -0.15) is 23.5 Å². The van der Waals surface area contributed by atoms with Crippen LogP contribution in [0.3, 0.4) is 0 Å². The van der Waals surface area contributed by atoms with Crippen molar-refractivity contribution in [1.82, 2.24) is 16.0 Å². The number of hydrogen-bond acceptors (Lipinski definition) is 8. The first kappa shape index (κ1) is 31.0. The van der Waals surface area contributed by atoms with Crippen molar-refractivity contribution in [2.24, 2.45) is 17.4 Å². The summed E-state index contributed by atoms with van der Waals surface area (Å²) in [6.45, 7) is 3.78. The van der Waals surface area contributed by atoms with Crippen molar-refractivity contribution in [3.8, 4) is 0 Å². The number of aliphatic carboxylic acids is 1. The number of carboxylic acids is 1. The molecule has 0 fully saturated rings. The van der Waals surface area contributed by atoms with E-state index in [-0.39, 0.29) is 18.8 Å². The third-order valence-electron chi connectivity index (χ3n) is 4.57. The highest BCUT2D eigenvalue weighted by Crippen LogP contribution is 2.07. The molecule has 13 heteroatoms. The molecule has 8 N–H and O–H groups in total. The topological polar surface area (TPSA) is 194 Å². The fourth-order valence-electron chi connectivity index (χ4n) is 2.85. The molecule has 4 unspecified atom stereocenters. The summed E-state index contributed by atoms with van der Waals surface area (Å²) in [6, 6.07) is -4.35. The van der Waals surface area contributed by atoms with Gasteiger partial charge >= 0.3 is 5.97 Å². The minimum absolute atomic E-state index is 0.141. The summed E-state index contributed by atoms with van der Waals surface area (Å²) in [6.07, 6.45) is 3.98. The zero-order valence-corrected chi connectivity index (χ0v) is 21.2. The summed E-state index contributed by atoms with van der Waals surface area (Å²) in [7, 11) is 0. The molecule has 0 aliphatic heterocycles. The van der Waals surface area contributed by atoms with E-state index in [9.17, 15) is 29.1 Å². The highest BCUT2D eigenvalue weighted by Gasteiger charge is 2.31. The fourth-order valence-corrected chi connectivity index (χ4v) is 3.79. The van der Waals surface area contributed by atoms with E-state index in [2.05, 4.69) is 16.0 Å².